The number of sulfonamides is 1. The molecule has 2 heterocycles. The first kappa shape index (κ1) is 18.8. The lowest BCUT2D eigenvalue weighted by Gasteiger charge is -2.32. The van der Waals surface area contributed by atoms with E-state index in [-0.39, 0.29) is 16.6 Å². The lowest BCUT2D eigenvalue weighted by molar-refractivity contribution is -0.134. The second-order valence-corrected chi connectivity index (χ2v) is 7.99. The van der Waals surface area contributed by atoms with E-state index in [0.717, 1.165) is 6.42 Å². The summed E-state index contributed by atoms with van der Waals surface area (Å²) in [5.74, 6) is -0.0265. The summed E-state index contributed by atoms with van der Waals surface area (Å²) in [5, 5.41) is 3.58. The van der Waals surface area contributed by atoms with Crippen LogP contribution in [-0.4, -0.2) is 35.6 Å². The number of piperidine rings is 1. The number of halogens is 3. The van der Waals surface area contributed by atoms with Crippen LogP contribution in [0.4, 0.5) is 13.2 Å². The highest BCUT2D eigenvalue weighted by molar-refractivity contribution is 7.89. The summed E-state index contributed by atoms with van der Waals surface area (Å²) in [7, 11) is -3.76. The quantitative estimate of drug-likeness (QED) is 0.783. The number of hydrogen-bond acceptors (Lipinski definition) is 5. The highest BCUT2D eigenvalue weighted by atomic mass is 32.2. The number of nitrogens with zero attached hydrogens (tertiary/aromatic N) is 3. The lowest BCUT2D eigenvalue weighted by atomic mass is 10.1. The molecule has 1 unspecified atom stereocenters. The fourth-order valence-corrected chi connectivity index (χ4v) is 4.60. The number of aromatic nitrogens is 2. The molecule has 3 rings (SSSR count). The van der Waals surface area contributed by atoms with E-state index in [4.69, 9.17) is 4.52 Å². The molecule has 1 aromatic carbocycles. The second kappa shape index (κ2) is 7.36. The first-order valence-electron chi connectivity index (χ1n) is 8.23. The Morgan fingerprint density at radius 2 is 1.92 bits per heavy atom. The van der Waals surface area contributed by atoms with Crippen molar-refractivity contribution in [3.63, 3.8) is 0 Å². The average molecular weight is 389 g/mol. The van der Waals surface area contributed by atoms with Crippen LogP contribution in [0.1, 0.15) is 43.4 Å². The molecule has 1 aliphatic rings. The summed E-state index contributed by atoms with van der Waals surface area (Å²) in [5.41, 5.74) is 0. The average Bonchev–Trinajstić information content (AvgIpc) is 3.09. The van der Waals surface area contributed by atoms with Crippen molar-refractivity contribution in [2.45, 2.75) is 49.2 Å². The zero-order valence-corrected chi connectivity index (χ0v) is 14.6. The number of alkyl halides is 3. The third kappa shape index (κ3) is 4.24. The summed E-state index contributed by atoms with van der Waals surface area (Å²) in [6.45, 7) is 0.294. The van der Waals surface area contributed by atoms with E-state index in [2.05, 4.69) is 10.1 Å². The molecule has 26 heavy (non-hydrogen) atoms. The molecule has 1 fully saturated rings. The van der Waals surface area contributed by atoms with Crippen LogP contribution in [0.15, 0.2) is 39.8 Å². The molecule has 0 spiro atoms. The molecule has 6 nitrogen and oxygen atoms in total. The largest absolute Gasteiger partial charge is 0.389 e. The molecule has 0 saturated carbocycles. The van der Waals surface area contributed by atoms with Gasteiger partial charge in [0.2, 0.25) is 15.9 Å². The van der Waals surface area contributed by atoms with Crippen LogP contribution in [0, 0.1) is 0 Å². The van der Waals surface area contributed by atoms with Crippen LogP contribution in [0.25, 0.3) is 0 Å². The zero-order chi connectivity index (χ0) is 18.8. The molecule has 1 atom stereocenters. The van der Waals surface area contributed by atoms with E-state index in [1.807, 2.05) is 0 Å². The minimum absolute atomic E-state index is 0.0429. The molecule has 10 heteroatoms. The molecule has 1 saturated heterocycles. The molecular formula is C16H18F3N3O3S. The van der Waals surface area contributed by atoms with Crippen molar-refractivity contribution in [3.8, 4) is 0 Å². The summed E-state index contributed by atoms with van der Waals surface area (Å²) in [6, 6.07) is 7.33. The molecule has 1 aromatic heterocycles. The third-order valence-electron chi connectivity index (χ3n) is 4.20. The van der Waals surface area contributed by atoms with Crippen molar-refractivity contribution in [1.29, 1.82) is 0 Å². The minimum atomic E-state index is -4.31. The van der Waals surface area contributed by atoms with Crippen molar-refractivity contribution in [2.75, 3.05) is 6.54 Å². The maximum atomic E-state index is 12.9. The van der Waals surface area contributed by atoms with Gasteiger partial charge < -0.3 is 4.52 Å². The third-order valence-corrected chi connectivity index (χ3v) is 6.13. The Hall–Kier alpha value is -1.94. The molecule has 0 N–H and O–H groups in total. The standard InChI is InChI=1S/C16H18F3N3O3S/c17-16(18,19)10-9-14-20-15(25-21-14)13-8-4-5-11-22(13)26(23,24)12-6-2-1-3-7-12/h1-3,6-7,13H,4-5,8-11H2. The van der Waals surface area contributed by atoms with Crippen LogP contribution < -0.4 is 0 Å². The topological polar surface area (TPSA) is 76.3 Å². The van der Waals surface area contributed by atoms with Gasteiger partial charge in [-0.15, -0.1) is 0 Å². The first-order chi connectivity index (χ1) is 12.3. The maximum absolute atomic E-state index is 12.9. The second-order valence-electron chi connectivity index (χ2n) is 6.10. The van der Waals surface area contributed by atoms with Crippen LogP contribution in [-0.2, 0) is 16.4 Å². The Morgan fingerprint density at radius 3 is 2.62 bits per heavy atom. The van der Waals surface area contributed by atoms with Gasteiger partial charge in [-0.3, -0.25) is 0 Å². The van der Waals surface area contributed by atoms with Gasteiger partial charge in [0.05, 0.1) is 11.3 Å². The van der Waals surface area contributed by atoms with Gasteiger partial charge in [-0.05, 0) is 25.0 Å². The molecule has 0 bridgehead atoms. The monoisotopic (exact) mass is 389 g/mol. The number of benzene rings is 1. The highest BCUT2D eigenvalue weighted by Gasteiger charge is 2.37. The number of rotatable bonds is 5. The van der Waals surface area contributed by atoms with Crippen molar-refractivity contribution < 1.29 is 26.1 Å². The smallest absolute Gasteiger partial charge is 0.338 e. The maximum Gasteiger partial charge on any atom is 0.389 e. The van der Waals surface area contributed by atoms with Gasteiger partial charge in [-0.2, -0.15) is 22.5 Å². The van der Waals surface area contributed by atoms with Gasteiger partial charge in [0.1, 0.15) is 6.04 Å². The Kier molecular flexibility index (Phi) is 5.33. The summed E-state index contributed by atoms with van der Waals surface area (Å²) in [6.07, 6.45) is -3.82. The number of aryl methyl sites for hydroxylation is 1. The SMILES string of the molecule is O=S(=O)(c1ccccc1)N1CCCCC1c1nc(CCC(F)(F)F)no1. The Balaban J connectivity index is 1.83. The molecule has 0 aliphatic carbocycles. The minimum Gasteiger partial charge on any atom is -0.338 e. The van der Waals surface area contributed by atoms with Crippen LogP contribution in [0.3, 0.4) is 0 Å². The number of hydrogen-bond donors (Lipinski definition) is 0. The van der Waals surface area contributed by atoms with E-state index >= 15 is 0 Å². The predicted molar refractivity (Wildman–Crippen MR) is 85.6 cm³/mol. The molecule has 0 amide bonds. The van der Waals surface area contributed by atoms with Crippen molar-refractivity contribution in [2.24, 2.45) is 0 Å². The van der Waals surface area contributed by atoms with Crippen LogP contribution in [0.2, 0.25) is 0 Å². The summed E-state index contributed by atoms with van der Waals surface area (Å²) in [4.78, 5) is 4.17. The summed E-state index contributed by atoms with van der Waals surface area (Å²) >= 11 is 0. The molecule has 2 aromatic rings. The van der Waals surface area contributed by atoms with Crippen LogP contribution in [0.5, 0.6) is 0 Å². The first-order valence-corrected chi connectivity index (χ1v) is 9.67. The van der Waals surface area contributed by atoms with Crippen LogP contribution >= 0.6 is 0 Å². The predicted octanol–water partition coefficient (Wildman–Crippen LogP) is 3.48. The molecule has 1 aliphatic heterocycles. The van der Waals surface area contributed by atoms with E-state index in [9.17, 15) is 21.6 Å². The van der Waals surface area contributed by atoms with Gasteiger partial charge in [0.25, 0.3) is 0 Å². The van der Waals surface area contributed by atoms with Crippen molar-refractivity contribution in [1.82, 2.24) is 14.4 Å². The van der Waals surface area contributed by atoms with E-state index in [0.29, 0.717) is 19.4 Å². The molecular weight excluding hydrogens is 371 g/mol. The Labute approximate surface area is 149 Å². The van der Waals surface area contributed by atoms with Gasteiger partial charge in [0.15, 0.2) is 5.82 Å². The van der Waals surface area contributed by atoms with Gasteiger partial charge in [0, 0.05) is 13.0 Å². The van der Waals surface area contributed by atoms with E-state index < -0.39 is 35.1 Å². The Bertz CT molecular complexity index is 837. The van der Waals surface area contributed by atoms with E-state index in [1.54, 1.807) is 18.2 Å². The zero-order valence-electron chi connectivity index (χ0n) is 13.8. The normalized spacial score (nSPS) is 19.6. The Morgan fingerprint density at radius 1 is 1.19 bits per heavy atom. The molecule has 142 valence electrons. The fraction of sp³-hybridized carbons (Fsp3) is 0.500. The fourth-order valence-electron chi connectivity index (χ4n) is 2.93. The van der Waals surface area contributed by atoms with Gasteiger partial charge >= 0.3 is 6.18 Å². The van der Waals surface area contributed by atoms with Crippen molar-refractivity contribution in [3.05, 3.63) is 42.0 Å². The summed E-state index contributed by atoms with van der Waals surface area (Å²) < 4.78 is 69.2. The van der Waals surface area contributed by atoms with Gasteiger partial charge in [-0.1, -0.05) is 29.8 Å². The van der Waals surface area contributed by atoms with Gasteiger partial charge in [-0.25, -0.2) is 8.42 Å². The highest BCUT2D eigenvalue weighted by Crippen LogP contribution is 2.34. The molecule has 0 radical (unpaired) electrons. The van der Waals surface area contributed by atoms with Crippen molar-refractivity contribution >= 4 is 10.0 Å². The lowest BCUT2D eigenvalue weighted by Crippen LogP contribution is -2.38. The van der Waals surface area contributed by atoms with E-state index in [1.165, 1.54) is 16.4 Å².